The minimum atomic E-state index is -0.0741. The number of amides is 1. The topological polar surface area (TPSA) is 20.3 Å². The number of thiol groups is 1. The van der Waals surface area contributed by atoms with Crippen molar-refractivity contribution in [2.45, 2.75) is 24.3 Å². The average Bonchev–Trinajstić information content (AvgIpc) is 2.92. The minimum Gasteiger partial charge on any atom is -0.339 e. The summed E-state index contributed by atoms with van der Waals surface area (Å²) in [7, 11) is 1.81. The summed E-state index contributed by atoms with van der Waals surface area (Å²) in [6.07, 6.45) is 0.845. The predicted molar refractivity (Wildman–Crippen MR) is 88.3 cm³/mol. The number of hydrogen-bond acceptors (Lipinski definition) is 3. The molecule has 1 amide bonds. The molecule has 0 aliphatic carbocycles. The molecule has 5 heteroatoms. The molecule has 0 saturated heterocycles. The van der Waals surface area contributed by atoms with Gasteiger partial charge < -0.3 is 4.90 Å². The van der Waals surface area contributed by atoms with Gasteiger partial charge in [-0.2, -0.15) is 0 Å². The van der Waals surface area contributed by atoms with Crippen molar-refractivity contribution in [2.24, 2.45) is 0 Å². The maximum absolute atomic E-state index is 12.5. The summed E-state index contributed by atoms with van der Waals surface area (Å²) in [5, 5.41) is 2.51. The van der Waals surface area contributed by atoms with Crippen LogP contribution in [0.2, 0.25) is 5.02 Å². The molecule has 0 saturated carbocycles. The van der Waals surface area contributed by atoms with Crippen LogP contribution in [-0.4, -0.2) is 23.9 Å². The molecular formula is C15H16ClNOS2. The number of rotatable bonds is 4. The van der Waals surface area contributed by atoms with Gasteiger partial charge in [0.15, 0.2) is 0 Å². The highest BCUT2D eigenvalue weighted by molar-refractivity contribution is 7.80. The summed E-state index contributed by atoms with van der Waals surface area (Å²) < 4.78 is 0. The Bertz CT molecular complexity index is 598. The molecule has 1 aromatic carbocycles. The van der Waals surface area contributed by atoms with Crippen molar-refractivity contribution in [2.75, 3.05) is 7.05 Å². The van der Waals surface area contributed by atoms with Gasteiger partial charge in [0.25, 0.3) is 5.91 Å². The fourth-order valence-corrected chi connectivity index (χ4v) is 3.15. The number of likely N-dealkylation sites (N-methyl/N-ethyl adjacent to an activating group) is 1. The van der Waals surface area contributed by atoms with Crippen molar-refractivity contribution in [1.29, 1.82) is 0 Å². The van der Waals surface area contributed by atoms with Gasteiger partial charge in [-0.1, -0.05) is 17.7 Å². The number of carbonyl (C=O) groups is 1. The molecule has 0 radical (unpaired) electrons. The number of halogens is 1. The van der Waals surface area contributed by atoms with Crippen molar-refractivity contribution < 1.29 is 4.79 Å². The zero-order valence-electron chi connectivity index (χ0n) is 11.3. The van der Waals surface area contributed by atoms with Crippen LogP contribution in [-0.2, 0) is 6.42 Å². The van der Waals surface area contributed by atoms with Crippen LogP contribution >= 0.6 is 35.6 Å². The Morgan fingerprint density at radius 1 is 1.45 bits per heavy atom. The van der Waals surface area contributed by atoms with Gasteiger partial charge >= 0.3 is 0 Å². The second-order valence-corrected chi connectivity index (χ2v) is 6.67. The van der Waals surface area contributed by atoms with Crippen LogP contribution in [0, 0.1) is 0 Å². The summed E-state index contributed by atoms with van der Waals surface area (Å²) in [5.41, 5.74) is 0.500. The monoisotopic (exact) mass is 325 g/mol. The molecule has 0 spiro atoms. The van der Waals surface area contributed by atoms with E-state index < -0.39 is 0 Å². The molecule has 2 nitrogen and oxygen atoms in total. The molecule has 1 heterocycles. The Kier molecular flexibility index (Phi) is 5.13. The summed E-state index contributed by atoms with van der Waals surface area (Å²) in [5.74, 6) is -0.0741. The van der Waals surface area contributed by atoms with Gasteiger partial charge in [0.2, 0.25) is 0 Å². The summed E-state index contributed by atoms with van der Waals surface area (Å²) in [6.45, 7) is 2.04. The largest absolute Gasteiger partial charge is 0.339 e. The van der Waals surface area contributed by atoms with E-state index in [2.05, 4.69) is 18.7 Å². The maximum Gasteiger partial charge on any atom is 0.255 e. The average molecular weight is 326 g/mol. The van der Waals surface area contributed by atoms with Crippen LogP contribution in [0.4, 0.5) is 0 Å². The first-order chi connectivity index (χ1) is 9.49. The molecule has 20 heavy (non-hydrogen) atoms. The molecule has 1 unspecified atom stereocenters. The number of nitrogens with zero attached hydrogens (tertiary/aromatic N) is 1. The SMILES string of the molecule is CC(Cc1cccs1)N(C)C(=O)c1cc(S)ccc1Cl. The maximum atomic E-state index is 12.5. The summed E-state index contributed by atoms with van der Waals surface area (Å²) >= 11 is 12.1. The molecular weight excluding hydrogens is 310 g/mol. The highest BCUT2D eigenvalue weighted by Crippen LogP contribution is 2.22. The Balaban J connectivity index is 2.13. The molecule has 0 bridgehead atoms. The Labute approximate surface area is 133 Å². The van der Waals surface area contributed by atoms with Crippen molar-refractivity contribution in [1.82, 2.24) is 4.90 Å². The molecule has 2 rings (SSSR count). The molecule has 106 valence electrons. The van der Waals surface area contributed by atoms with Gasteiger partial charge in [0, 0.05) is 29.3 Å². The van der Waals surface area contributed by atoms with Crippen LogP contribution in [0.3, 0.4) is 0 Å². The van der Waals surface area contributed by atoms with Crippen molar-refractivity contribution >= 4 is 41.5 Å². The van der Waals surface area contributed by atoms with E-state index in [9.17, 15) is 4.79 Å². The standard InChI is InChI=1S/C15H16ClNOS2/c1-10(8-12-4-3-7-20-12)17(2)15(18)13-9-11(19)5-6-14(13)16/h3-7,9-10,19H,8H2,1-2H3. The lowest BCUT2D eigenvalue weighted by molar-refractivity contribution is 0.0744. The van der Waals surface area contributed by atoms with Crippen LogP contribution in [0.5, 0.6) is 0 Å². The van der Waals surface area contributed by atoms with Gasteiger partial charge in [-0.3, -0.25) is 4.79 Å². The van der Waals surface area contributed by atoms with E-state index >= 15 is 0 Å². The quantitative estimate of drug-likeness (QED) is 0.826. The van der Waals surface area contributed by atoms with Crippen molar-refractivity contribution in [3.63, 3.8) is 0 Å². The van der Waals surface area contributed by atoms with Crippen LogP contribution in [0.15, 0.2) is 40.6 Å². The van der Waals surface area contributed by atoms with E-state index in [0.29, 0.717) is 10.6 Å². The lowest BCUT2D eigenvalue weighted by Crippen LogP contribution is -2.36. The lowest BCUT2D eigenvalue weighted by Gasteiger charge is -2.25. The molecule has 0 aliphatic rings. The normalized spacial score (nSPS) is 12.2. The Morgan fingerprint density at radius 3 is 2.85 bits per heavy atom. The highest BCUT2D eigenvalue weighted by atomic mass is 35.5. The van der Waals surface area contributed by atoms with Gasteiger partial charge in [-0.25, -0.2) is 0 Å². The summed E-state index contributed by atoms with van der Waals surface area (Å²) in [4.78, 5) is 16.2. The van der Waals surface area contributed by atoms with E-state index in [-0.39, 0.29) is 11.9 Å². The first-order valence-corrected chi connectivity index (χ1v) is 7.97. The number of carbonyl (C=O) groups excluding carboxylic acids is 1. The second kappa shape index (κ2) is 6.66. The molecule has 0 N–H and O–H groups in total. The third-order valence-corrected chi connectivity index (χ3v) is 4.75. The van der Waals surface area contributed by atoms with E-state index in [1.54, 1.807) is 34.4 Å². The van der Waals surface area contributed by atoms with Gasteiger partial charge in [-0.15, -0.1) is 24.0 Å². The zero-order chi connectivity index (χ0) is 14.7. The fourth-order valence-electron chi connectivity index (χ4n) is 1.92. The number of hydrogen-bond donors (Lipinski definition) is 1. The van der Waals surface area contributed by atoms with Crippen LogP contribution in [0.1, 0.15) is 22.2 Å². The molecule has 0 aliphatic heterocycles. The third kappa shape index (κ3) is 3.57. The zero-order valence-corrected chi connectivity index (χ0v) is 13.8. The van der Waals surface area contributed by atoms with E-state index in [0.717, 1.165) is 11.3 Å². The number of benzene rings is 1. The van der Waals surface area contributed by atoms with Crippen LogP contribution < -0.4 is 0 Å². The number of thiophene rings is 1. The summed E-state index contributed by atoms with van der Waals surface area (Å²) in [6, 6.07) is 9.41. The van der Waals surface area contributed by atoms with Crippen molar-refractivity contribution in [3.8, 4) is 0 Å². The van der Waals surface area contributed by atoms with Gasteiger partial charge in [-0.05, 0) is 36.6 Å². The lowest BCUT2D eigenvalue weighted by atomic mass is 10.1. The third-order valence-electron chi connectivity index (χ3n) is 3.24. The van der Waals surface area contributed by atoms with E-state index in [1.807, 2.05) is 25.4 Å². The molecule has 2 aromatic rings. The van der Waals surface area contributed by atoms with Crippen molar-refractivity contribution in [3.05, 3.63) is 51.2 Å². The molecule has 1 aromatic heterocycles. The first-order valence-electron chi connectivity index (χ1n) is 6.27. The highest BCUT2D eigenvalue weighted by Gasteiger charge is 2.20. The Hall–Kier alpha value is -0.970. The molecule has 1 atom stereocenters. The second-order valence-electron chi connectivity index (χ2n) is 4.71. The first kappa shape index (κ1) is 15.4. The van der Waals surface area contributed by atoms with Crippen LogP contribution in [0.25, 0.3) is 0 Å². The van der Waals surface area contributed by atoms with Gasteiger partial charge in [0.1, 0.15) is 0 Å². The van der Waals surface area contributed by atoms with E-state index in [1.165, 1.54) is 4.88 Å². The van der Waals surface area contributed by atoms with Gasteiger partial charge in [0.05, 0.1) is 10.6 Å². The smallest absolute Gasteiger partial charge is 0.255 e. The fraction of sp³-hybridized carbons (Fsp3) is 0.267. The molecule has 0 fully saturated rings. The predicted octanol–water partition coefficient (Wildman–Crippen LogP) is 4.39. The Morgan fingerprint density at radius 2 is 2.20 bits per heavy atom. The minimum absolute atomic E-state index is 0.0741. The van der Waals surface area contributed by atoms with E-state index in [4.69, 9.17) is 11.6 Å².